The lowest BCUT2D eigenvalue weighted by Crippen LogP contribution is -2.21. The predicted molar refractivity (Wildman–Crippen MR) is 86.1 cm³/mol. The van der Waals surface area contributed by atoms with Gasteiger partial charge in [-0.15, -0.1) is 0 Å². The number of aryl methyl sites for hydroxylation is 1. The van der Waals surface area contributed by atoms with E-state index in [-0.39, 0.29) is 0 Å². The van der Waals surface area contributed by atoms with Crippen LogP contribution in [0, 0.1) is 10.1 Å². The number of aromatic nitrogens is 2. The maximum absolute atomic E-state index is 5.38. The van der Waals surface area contributed by atoms with Crippen LogP contribution >= 0.6 is 28.1 Å². The van der Waals surface area contributed by atoms with Crippen molar-refractivity contribution in [1.82, 2.24) is 9.97 Å². The quantitative estimate of drug-likeness (QED) is 0.730. The van der Waals surface area contributed by atoms with Crippen LogP contribution in [-0.2, 0) is 6.42 Å². The fraction of sp³-hybridized carbons (Fsp3) is 0.733. The molecule has 0 amide bonds. The summed E-state index contributed by atoms with van der Waals surface area (Å²) in [4.78, 5) is 8.13. The minimum Gasteiger partial charge on any atom is -0.346 e. The highest BCUT2D eigenvalue weighted by Gasteiger charge is 2.29. The summed E-state index contributed by atoms with van der Waals surface area (Å²) in [6.07, 6.45) is 7.14. The Labute approximate surface area is 129 Å². The van der Waals surface area contributed by atoms with Gasteiger partial charge >= 0.3 is 0 Å². The van der Waals surface area contributed by atoms with Gasteiger partial charge in [-0.05, 0) is 53.4 Å². The Kier molecular flexibility index (Phi) is 4.83. The third-order valence-electron chi connectivity index (χ3n) is 4.18. The number of halogens is 1. The van der Waals surface area contributed by atoms with Crippen LogP contribution < -0.4 is 0 Å². The van der Waals surface area contributed by atoms with E-state index in [2.05, 4.69) is 46.7 Å². The molecule has 19 heavy (non-hydrogen) atoms. The molecule has 4 heteroatoms. The highest BCUT2D eigenvalue weighted by atomic mass is 79.9. The second-order valence-electron chi connectivity index (χ2n) is 6.41. The van der Waals surface area contributed by atoms with Crippen LogP contribution in [0.15, 0.2) is 4.47 Å². The van der Waals surface area contributed by atoms with Crippen molar-refractivity contribution in [1.29, 1.82) is 0 Å². The molecule has 0 aromatic carbocycles. The summed E-state index contributed by atoms with van der Waals surface area (Å²) in [7, 11) is 0. The van der Waals surface area contributed by atoms with E-state index >= 15 is 0 Å². The van der Waals surface area contributed by atoms with Gasteiger partial charge in [0.2, 0.25) is 0 Å². The van der Waals surface area contributed by atoms with E-state index in [1.807, 2.05) is 0 Å². The maximum Gasteiger partial charge on any atom is 0.144 e. The van der Waals surface area contributed by atoms with E-state index in [1.165, 1.54) is 31.4 Å². The molecule has 1 heterocycles. The van der Waals surface area contributed by atoms with Gasteiger partial charge in [-0.3, -0.25) is 0 Å². The standard InChI is InChI=1S/C15H23BrN2S/c1-4-5-11-12(16)14(19)18-13(17-11)10-6-8-15(2,3)9-7-10/h10H,4-9H2,1-3H3,(H,17,18,19). The third kappa shape index (κ3) is 3.66. The molecule has 1 aromatic rings. The number of aromatic amines is 1. The highest BCUT2D eigenvalue weighted by molar-refractivity contribution is 9.10. The fourth-order valence-electron chi connectivity index (χ4n) is 2.81. The molecule has 2 rings (SSSR count). The van der Waals surface area contributed by atoms with E-state index in [1.54, 1.807) is 0 Å². The molecule has 0 spiro atoms. The van der Waals surface area contributed by atoms with Gasteiger partial charge in [-0.25, -0.2) is 4.98 Å². The van der Waals surface area contributed by atoms with Gasteiger partial charge in [0.1, 0.15) is 10.5 Å². The molecule has 0 bridgehead atoms. The van der Waals surface area contributed by atoms with Crippen molar-refractivity contribution < 1.29 is 0 Å². The summed E-state index contributed by atoms with van der Waals surface area (Å²) in [5, 5.41) is 0. The summed E-state index contributed by atoms with van der Waals surface area (Å²) < 4.78 is 1.69. The van der Waals surface area contributed by atoms with E-state index in [0.717, 1.165) is 23.1 Å². The number of nitrogens with one attached hydrogen (secondary N) is 1. The van der Waals surface area contributed by atoms with Gasteiger partial charge in [0.25, 0.3) is 0 Å². The van der Waals surface area contributed by atoms with Crippen LogP contribution in [0.25, 0.3) is 0 Å². The Morgan fingerprint density at radius 3 is 2.58 bits per heavy atom. The SMILES string of the molecule is CCCc1[nH]c(C2CCC(C)(C)CC2)nc(=S)c1Br. The van der Waals surface area contributed by atoms with Crippen molar-refractivity contribution in [2.75, 3.05) is 0 Å². The lowest BCUT2D eigenvalue weighted by Gasteiger charge is -2.34. The second kappa shape index (κ2) is 6.04. The molecule has 1 aromatic heterocycles. The number of hydrogen-bond donors (Lipinski definition) is 1. The van der Waals surface area contributed by atoms with Crippen LogP contribution in [0.2, 0.25) is 0 Å². The zero-order valence-electron chi connectivity index (χ0n) is 12.1. The number of H-pyrrole nitrogens is 1. The fourth-order valence-corrected chi connectivity index (χ4v) is 3.42. The van der Waals surface area contributed by atoms with Crippen molar-refractivity contribution in [2.24, 2.45) is 5.41 Å². The molecule has 1 saturated carbocycles. The molecular weight excluding hydrogens is 320 g/mol. The minimum atomic E-state index is 0.495. The summed E-state index contributed by atoms with van der Waals surface area (Å²) in [5.41, 5.74) is 1.71. The highest BCUT2D eigenvalue weighted by Crippen LogP contribution is 2.41. The Bertz CT molecular complexity index is 497. The summed E-state index contributed by atoms with van der Waals surface area (Å²) in [6, 6.07) is 0. The monoisotopic (exact) mass is 342 g/mol. The first-order valence-corrected chi connectivity index (χ1v) is 8.41. The summed E-state index contributed by atoms with van der Waals surface area (Å²) >= 11 is 8.94. The molecular formula is C15H23BrN2S. The van der Waals surface area contributed by atoms with E-state index in [9.17, 15) is 0 Å². The molecule has 0 saturated heterocycles. The molecule has 1 N–H and O–H groups in total. The predicted octanol–water partition coefficient (Wildman–Crippen LogP) is 5.54. The third-order valence-corrected chi connectivity index (χ3v) is 5.59. The van der Waals surface area contributed by atoms with Crippen LogP contribution in [-0.4, -0.2) is 9.97 Å². The van der Waals surface area contributed by atoms with Crippen LogP contribution in [0.4, 0.5) is 0 Å². The van der Waals surface area contributed by atoms with Crippen LogP contribution in [0.1, 0.15) is 70.3 Å². The average Bonchev–Trinajstić information content (AvgIpc) is 2.35. The van der Waals surface area contributed by atoms with Crippen LogP contribution in [0.3, 0.4) is 0 Å². The molecule has 1 aliphatic carbocycles. The maximum atomic E-state index is 5.38. The first kappa shape index (κ1) is 15.2. The smallest absolute Gasteiger partial charge is 0.144 e. The topological polar surface area (TPSA) is 28.7 Å². The average molecular weight is 343 g/mol. The molecule has 1 aliphatic rings. The van der Waals surface area contributed by atoms with E-state index < -0.39 is 0 Å². The Balaban J connectivity index is 2.24. The van der Waals surface area contributed by atoms with Gasteiger partial charge in [0.15, 0.2) is 0 Å². The number of rotatable bonds is 3. The van der Waals surface area contributed by atoms with E-state index in [0.29, 0.717) is 16.0 Å². The van der Waals surface area contributed by atoms with Gasteiger partial charge in [0.05, 0.1) is 4.47 Å². The lowest BCUT2D eigenvalue weighted by molar-refractivity contribution is 0.220. The van der Waals surface area contributed by atoms with E-state index in [4.69, 9.17) is 12.2 Å². The Morgan fingerprint density at radius 1 is 1.37 bits per heavy atom. The van der Waals surface area contributed by atoms with Crippen LogP contribution in [0.5, 0.6) is 0 Å². The van der Waals surface area contributed by atoms with Gasteiger partial charge in [-0.1, -0.05) is 39.4 Å². The van der Waals surface area contributed by atoms with Gasteiger partial charge in [-0.2, -0.15) is 0 Å². The summed E-state index contributed by atoms with van der Waals surface area (Å²) in [5.74, 6) is 1.66. The van der Waals surface area contributed by atoms with Crippen molar-refractivity contribution in [3.05, 3.63) is 20.6 Å². The Hall–Kier alpha value is -0.220. The molecule has 106 valence electrons. The number of hydrogen-bond acceptors (Lipinski definition) is 2. The largest absolute Gasteiger partial charge is 0.346 e. The van der Waals surface area contributed by atoms with Crippen molar-refractivity contribution in [2.45, 2.75) is 65.2 Å². The molecule has 1 fully saturated rings. The molecule has 0 radical (unpaired) electrons. The van der Waals surface area contributed by atoms with Crippen molar-refractivity contribution in [3.63, 3.8) is 0 Å². The molecule has 0 unspecified atom stereocenters. The zero-order chi connectivity index (χ0) is 14.0. The molecule has 2 nitrogen and oxygen atoms in total. The van der Waals surface area contributed by atoms with Crippen molar-refractivity contribution >= 4 is 28.1 Å². The number of nitrogens with zero attached hydrogens (tertiary/aromatic N) is 1. The van der Waals surface area contributed by atoms with Crippen molar-refractivity contribution in [3.8, 4) is 0 Å². The molecule has 0 atom stereocenters. The Morgan fingerprint density at radius 2 is 2.00 bits per heavy atom. The minimum absolute atomic E-state index is 0.495. The van der Waals surface area contributed by atoms with Gasteiger partial charge < -0.3 is 4.98 Å². The first-order chi connectivity index (χ1) is 8.93. The second-order valence-corrected chi connectivity index (χ2v) is 7.59. The molecule has 0 aliphatic heterocycles. The first-order valence-electron chi connectivity index (χ1n) is 7.21. The lowest BCUT2D eigenvalue weighted by atomic mass is 9.73. The summed E-state index contributed by atoms with van der Waals surface area (Å²) in [6.45, 7) is 6.92. The zero-order valence-corrected chi connectivity index (χ0v) is 14.5. The van der Waals surface area contributed by atoms with Gasteiger partial charge in [0, 0.05) is 11.6 Å². The normalized spacial score (nSPS) is 19.6.